The third-order valence-corrected chi connectivity index (χ3v) is 3.84. The molecule has 3 rings (SSSR count). The van der Waals surface area contributed by atoms with E-state index in [1.807, 2.05) is 19.9 Å². The number of rotatable bonds is 2. The van der Waals surface area contributed by atoms with Crippen molar-refractivity contribution in [3.05, 3.63) is 39.2 Å². The molecule has 0 radical (unpaired) electrons. The molecule has 0 spiro atoms. The van der Waals surface area contributed by atoms with Gasteiger partial charge >= 0.3 is 0 Å². The maximum Gasteiger partial charge on any atom is 0.251 e. The van der Waals surface area contributed by atoms with Gasteiger partial charge in [-0.25, -0.2) is 0 Å². The Bertz CT molecular complexity index is 685. The molecule has 0 saturated carbocycles. The predicted octanol–water partition coefficient (Wildman–Crippen LogP) is 3.11. The molecule has 19 heavy (non-hydrogen) atoms. The van der Waals surface area contributed by atoms with E-state index in [-0.39, 0.29) is 5.56 Å². The van der Waals surface area contributed by atoms with Gasteiger partial charge in [0.15, 0.2) is 0 Å². The summed E-state index contributed by atoms with van der Waals surface area (Å²) in [5.41, 5.74) is 4.27. The first-order valence-electron chi connectivity index (χ1n) is 7.02. The molecule has 0 atom stereocenters. The Morgan fingerprint density at radius 3 is 2.68 bits per heavy atom. The van der Waals surface area contributed by atoms with Crippen LogP contribution in [0.1, 0.15) is 36.5 Å². The Balaban J connectivity index is 2.39. The number of aromatic amines is 1. The van der Waals surface area contributed by atoms with Crippen LogP contribution in [0, 0.1) is 6.92 Å². The van der Waals surface area contributed by atoms with Crippen molar-refractivity contribution in [3.63, 3.8) is 0 Å². The summed E-state index contributed by atoms with van der Waals surface area (Å²) in [6, 6.07) is 4.10. The van der Waals surface area contributed by atoms with Gasteiger partial charge in [0.05, 0.1) is 12.1 Å². The van der Waals surface area contributed by atoms with Crippen LogP contribution in [0.25, 0.3) is 10.9 Å². The number of aromatic nitrogens is 1. The number of pyridine rings is 1. The average molecular weight is 257 g/mol. The van der Waals surface area contributed by atoms with Crippen LogP contribution < -0.4 is 10.3 Å². The smallest absolute Gasteiger partial charge is 0.251 e. The zero-order valence-electron chi connectivity index (χ0n) is 11.5. The minimum absolute atomic E-state index is 0.0789. The Kier molecular flexibility index (Phi) is 3.05. The fourth-order valence-electron chi connectivity index (χ4n) is 3.06. The zero-order valence-corrected chi connectivity index (χ0v) is 11.5. The molecule has 3 heteroatoms. The molecule has 1 heterocycles. The first-order chi connectivity index (χ1) is 9.20. The summed E-state index contributed by atoms with van der Waals surface area (Å²) in [4.78, 5) is 15.2. The first kappa shape index (κ1) is 12.3. The van der Waals surface area contributed by atoms with Crippen LogP contribution >= 0.6 is 0 Å². The molecule has 0 aliphatic heterocycles. The quantitative estimate of drug-likeness (QED) is 0.898. The molecule has 0 bridgehead atoms. The second-order valence-electron chi connectivity index (χ2n) is 5.24. The lowest BCUT2D eigenvalue weighted by Gasteiger charge is -2.19. The van der Waals surface area contributed by atoms with Gasteiger partial charge in [-0.15, -0.1) is 0 Å². The second kappa shape index (κ2) is 4.72. The summed E-state index contributed by atoms with van der Waals surface area (Å²) >= 11 is 0. The summed E-state index contributed by atoms with van der Waals surface area (Å²) in [7, 11) is 0. The largest absolute Gasteiger partial charge is 0.493 e. The van der Waals surface area contributed by atoms with Crippen LogP contribution in [0.4, 0.5) is 0 Å². The molecule has 0 saturated heterocycles. The van der Waals surface area contributed by atoms with E-state index in [0.29, 0.717) is 6.61 Å². The zero-order chi connectivity index (χ0) is 13.4. The lowest BCUT2D eigenvalue weighted by Crippen LogP contribution is -2.19. The van der Waals surface area contributed by atoms with Crippen molar-refractivity contribution in [1.29, 1.82) is 0 Å². The molecule has 1 aliphatic carbocycles. The molecule has 1 aromatic carbocycles. The highest BCUT2D eigenvalue weighted by Crippen LogP contribution is 2.33. The monoisotopic (exact) mass is 257 g/mol. The number of hydrogen-bond acceptors (Lipinski definition) is 2. The van der Waals surface area contributed by atoms with E-state index < -0.39 is 0 Å². The molecule has 100 valence electrons. The topological polar surface area (TPSA) is 42.1 Å². The van der Waals surface area contributed by atoms with Crippen molar-refractivity contribution >= 4 is 10.9 Å². The minimum Gasteiger partial charge on any atom is -0.493 e. The third-order valence-electron chi connectivity index (χ3n) is 3.84. The number of aryl methyl sites for hydroxylation is 2. The fraction of sp³-hybridized carbons (Fsp3) is 0.438. The summed E-state index contributed by atoms with van der Waals surface area (Å²) in [5, 5.41) is 1.11. The molecule has 1 N–H and O–H groups in total. The number of H-pyrrole nitrogens is 1. The Morgan fingerprint density at radius 1 is 1.21 bits per heavy atom. The van der Waals surface area contributed by atoms with Gasteiger partial charge in [-0.05, 0) is 62.8 Å². The van der Waals surface area contributed by atoms with Gasteiger partial charge in [0.2, 0.25) is 0 Å². The standard InChI is InChI=1S/C16H19NO2/c1-3-19-14-9-10(2)8-13-15(14)11-6-4-5-7-12(11)16(18)17-13/h8-9H,3-7H2,1-2H3,(H,17,18). The first-order valence-corrected chi connectivity index (χ1v) is 7.02. The van der Waals surface area contributed by atoms with Crippen LogP contribution in [-0.4, -0.2) is 11.6 Å². The van der Waals surface area contributed by atoms with Crippen molar-refractivity contribution in [2.24, 2.45) is 0 Å². The van der Waals surface area contributed by atoms with Gasteiger partial charge in [0.1, 0.15) is 5.75 Å². The Labute approximate surface area is 112 Å². The van der Waals surface area contributed by atoms with Crippen LogP contribution in [0.3, 0.4) is 0 Å². The highest BCUT2D eigenvalue weighted by molar-refractivity contribution is 5.90. The lowest BCUT2D eigenvalue weighted by atomic mass is 9.89. The number of ether oxygens (including phenoxy) is 1. The molecule has 0 amide bonds. The van der Waals surface area contributed by atoms with Gasteiger partial charge in [0, 0.05) is 10.9 Å². The van der Waals surface area contributed by atoms with Crippen LogP contribution in [0.2, 0.25) is 0 Å². The molecule has 1 aromatic heterocycles. The highest BCUT2D eigenvalue weighted by atomic mass is 16.5. The maximum atomic E-state index is 12.2. The number of benzene rings is 1. The second-order valence-corrected chi connectivity index (χ2v) is 5.24. The van der Waals surface area contributed by atoms with Gasteiger partial charge in [0.25, 0.3) is 5.56 Å². The Morgan fingerprint density at radius 2 is 1.95 bits per heavy atom. The molecule has 0 unspecified atom stereocenters. The minimum atomic E-state index is 0.0789. The van der Waals surface area contributed by atoms with E-state index in [0.717, 1.165) is 53.5 Å². The van der Waals surface area contributed by atoms with Crippen molar-refractivity contribution in [3.8, 4) is 5.75 Å². The van der Waals surface area contributed by atoms with Gasteiger partial charge in [-0.1, -0.05) is 0 Å². The summed E-state index contributed by atoms with van der Waals surface area (Å²) < 4.78 is 5.78. The van der Waals surface area contributed by atoms with Crippen molar-refractivity contribution in [2.75, 3.05) is 6.61 Å². The predicted molar refractivity (Wildman–Crippen MR) is 77.1 cm³/mol. The lowest BCUT2D eigenvalue weighted by molar-refractivity contribution is 0.344. The molecular weight excluding hydrogens is 238 g/mol. The van der Waals surface area contributed by atoms with Crippen LogP contribution in [0.15, 0.2) is 16.9 Å². The molecule has 1 aliphatic rings. The normalized spacial score (nSPS) is 14.4. The average Bonchev–Trinajstić information content (AvgIpc) is 2.38. The van der Waals surface area contributed by atoms with Crippen molar-refractivity contribution in [1.82, 2.24) is 4.98 Å². The van der Waals surface area contributed by atoms with Gasteiger partial charge in [-0.2, -0.15) is 0 Å². The van der Waals surface area contributed by atoms with E-state index in [1.54, 1.807) is 0 Å². The summed E-state index contributed by atoms with van der Waals surface area (Å²) in [5.74, 6) is 0.909. The van der Waals surface area contributed by atoms with E-state index in [9.17, 15) is 4.79 Å². The van der Waals surface area contributed by atoms with Crippen LogP contribution in [-0.2, 0) is 12.8 Å². The Hall–Kier alpha value is -1.77. The third kappa shape index (κ3) is 2.03. The van der Waals surface area contributed by atoms with Crippen molar-refractivity contribution < 1.29 is 4.74 Å². The van der Waals surface area contributed by atoms with Gasteiger partial charge < -0.3 is 9.72 Å². The van der Waals surface area contributed by atoms with Crippen molar-refractivity contribution in [2.45, 2.75) is 39.5 Å². The number of nitrogens with one attached hydrogen (secondary N) is 1. The summed E-state index contributed by atoms with van der Waals surface area (Å²) in [6.45, 7) is 4.67. The van der Waals surface area contributed by atoms with E-state index in [1.165, 1.54) is 5.56 Å². The molecule has 3 nitrogen and oxygen atoms in total. The molecular formula is C16H19NO2. The van der Waals surface area contributed by atoms with E-state index in [2.05, 4.69) is 11.1 Å². The SMILES string of the molecule is CCOc1cc(C)cc2[nH]c(=O)c3c(c12)CCCC3. The maximum absolute atomic E-state index is 12.2. The summed E-state index contributed by atoms with van der Waals surface area (Å²) in [6.07, 6.45) is 4.14. The van der Waals surface area contributed by atoms with Gasteiger partial charge in [-0.3, -0.25) is 4.79 Å². The molecule has 2 aromatic rings. The van der Waals surface area contributed by atoms with E-state index in [4.69, 9.17) is 4.74 Å². The van der Waals surface area contributed by atoms with E-state index >= 15 is 0 Å². The number of hydrogen-bond donors (Lipinski definition) is 1. The molecule has 0 fully saturated rings. The fourth-order valence-corrected chi connectivity index (χ4v) is 3.06. The highest BCUT2D eigenvalue weighted by Gasteiger charge is 2.19. The number of fused-ring (bicyclic) bond motifs is 3. The van der Waals surface area contributed by atoms with Crippen LogP contribution in [0.5, 0.6) is 5.75 Å².